The van der Waals surface area contributed by atoms with Gasteiger partial charge in [-0.3, -0.25) is 28.8 Å². The number of carbonyl (C=O) groups is 10. The van der Waals surface area contributed by atoms with Crippen LogP contribution in [0.2, 0.25) is 0 Å². The Bertz CT molecular complexity index is 2930. The van der Waals surface area contributed by atoms with Crippen molar-refractivity contribution in [2.24, 2.45) is 11.5 Å². The van der Waals surface area contributed by atoms with E-state index in [1.807, 2.05) is 0 Å². The summed E-state index contributed by atoms with van der Waals surface area (Å²) in [5, 5.41) is 93.5. The fourth-order valence-electron chi connectivity index (χ4n) is 8.64. The van der Waals surface area contributed by atoms with Gasteiger partial charge in [-0.15, -0.1) is 0 Å². The molecule has 18 N–H and O–H groups in total. The minimum atomic E-state index is -2.01. The number of nitrogens with one attached hydrogen (secondary N) is 6. The number of carboxylic acids is 2. The summed E-state index contributed by atoms with van der Waals surface area (Å²) in [6.07, 6.45) is -21.7. The van der Waals surface area contributed by atoms with Crippen molar-refractivity contribution in [2.75, 3.05) is 112 Å². The molecule has 2 saturated heterocycles. The zero-order chi connectivity index (χ0) is 73.0. The highest BCUT2D eigenvalue weighted by Crippen LogP contribution is 2.30. The van der Waals surface area contributed by atoms with Crippen LogP contribution in [0, 0.1) is 0 Å². The van der Waals surface area contributed by atoms with Crippen LogP contribution in [0.5, 0.6) is 11.5 Å². The van der Waals surface area contributed by atoms with E-state index >= 15 is 0 Å². The van der Waals surface area contributed by atoms with Gasteiger partial charge in [0.2, 0.25) is 30.3 Å². The molecular formula is C59H88N8O32. The number of carboxylic acid groups (broad SMARTS) is 2. The van der Waals surface area contributed by atoms with E-state index in [9.17, 15) is 88.8 Å². The second-order valence-electron chi connectivity index (χ2n) is 22.4. The molecule has 2 aromatic rings. The summed E-state index contributed by atoms with van der Waals surface area (Å²) < 4.78 is 68.9. The van der Waals surface area contributed by atoms with Gasteiger partial charge < -0.3 is 140 Å². The van der Waals surface area contributed by atoms with Gasteiger partial charge in [0.05, 0.1) is 83.8 Å². The number of hydrogen-bond donors (Lipinski definition) is 16. The molecule has 0 bridgehead atoms. The highest BCUT2D eigenvalue weighted by atomic mass is 16.7. The third-order valence-corrected chi connectivity index (χ3v) is 13.4. The molecule has 2 heterocycles. The molecule has 8 amide bonds. The van der Waals surface area contributed by atoms with Crippen molar-refractivity contribution in [3.05, 3.63) is 58.7 Å². The van der Waals surface area contributed by atoms with Crippen molar-refractivity contribution in [1.82, 2.24) is 32.1 Å². The lowest BCUT2D eigenvalue weighted by Crippen LogP contribution is -2.61. The zero-order valence-corrected chi connectivity index (χ0v) is 54.4. The smallest absolute Gasteiger partial charge is 0.431 e. The number of carbonyl (C=O) groups excluding carboxylic acids is 8. The number of hydroxylamine groups is 1. The van der Waals surface area contributed by atoms with Crippen LogP contribution in [0.25, 0.3) is 0 Å². The molecule has 2 aromatic carbocycles. The average molecular weight is 1420 g/mol. The van der Waals surface area contributed by atoms with Crippen molar-refractivity contribution in [3.63, 3.8) is 0 Å². The van der Waals surface area contributed by atoms with Gasteiger partial charge in [-0.2, -0.15) is 5.48 Å². The Morgan fingerprint density at radius 1 is 0.505 bits per heavy atom. The van der Waals surface area contributed by atoms with Gasteiger partial charge in [0.1, 0.15) is 86.2 Å². The minimum Gasteiger partial charge on any atom is -0.479 e. The quantitative estimate of drug-likeness (QED) is 0.0168. The Morgan fingerprint density at radius 3 is 1.37 bits per heavy atom. The molecule has 4 rings (SSSR count). The molecule has 0 aliphatic carbocycles. The topological polar surface area (TPSA) is 586 Å². The number of aliphatic carboxylic acids is 2. The number of aliphatic hydroxyl groups is 6. The first-order valence-corrected chi connectivity index (χ1v) is 30.8. The zero-order valence-electron chi connectivity index (χ0n) is 54.4. The average Bonchev–Trinajstić information content (AvgIpc) is 0.803. The second-order valence-corrected chi connectivity index (χ2v) is 22.4. The first-order valence-electron chi connectivity index (χ1n) is 30.8. The summed E-state index contributed by atoms with van der Waals surface area (Å²) in [5.41, 5.74) is 11.7. The van der Waals surface area contributed by atoms with Crippen LogP contribution >= 0.6 is 0 Å². The second kappa shape index (κ2) is 43.8. The lowest BCUT2D eigenvalue weighted by molar-refractivity contribution is -0.271. The van der Waals surface area contributed by atoms with Gasteiger partial charge in [-0.25, -0.2) is 24.0 Å². The van der Waals surface area contributed by atoms with E-state index in [0.29, 0.717) is 12.8 Å². The van der Waals surface area contributed by atoms with Gasteiger partial charge in [-0.05, 0) is 75.4 Å². The van der Waals surface area contributed by atoms with Gasteiger partial charge in [-0.1, -0.05) is 12.1 Å². The highest BCUT2D eigenvalue weighted by Gasteiger charge is 2.50. The molecule has 11 atom stereocenters. The lowest BCUT2D eigenvalue weighted by Gasteiger charge is -2.38. The summed E-state index contributed by atoms with van der Waals surface area (Å²) in [6.45, 7) is 3.70. The highest BCUT2D eigenvalue weighted by molar-refractivity contribution is 5.98. The number of rotatable bonds is 45. The van der Waals surface area contributed by atoms with Crippen molar-refractivity contribution >= 4 is 59.8 Å². The van der Waals surface area contributed by atoms with Crippen molar-refractivity contribution in [3.8, 4) is 11.5 Å². The van der Waals surface area contributed by atoms with Crippen molar-refractivity contribution in [1.29, 1.82) is 0 Å². The number of unbranched alkanes of at least 4 members (excludes halogenated alkanes) is 1. The van der Waals surface area contributed by atoms with E-state index in [1.54, 1.807) is 20.8 Å². The number of amides is 8. The Kier molecular flexibility index (Phi) is 36.7. The number of ether oxygens (including phenoxy) is 13. The molecule has 0 aromatic heterocycles. The molecule has 0 saturated carbocycles. The standard InChI is InChI=1S/C59H88N8O32/c1-59(2,3)99-58(85)67-94-25-24-89-19-18-86-17-14-65-51(78)36(66-40(69)31-91-23-21-88-16-13-64-50(77)35-27-33(29-93-57(61)84)8-10-38(35)96-55-46(75)42(71)44(73)48(98-55)53(81)82)6-4-5-11-62-39(68)30-90-22-20-87-15-12-63-49(76)34-26-32(28-92-56(60)83)7-9-37(34)95-54-45(74)41(70)43(72)47(97-54)52(79)80/h7-10,26-27,36,41-48,54-55,70-75H,4-6,11-25,28-31H2,1-3H3,(H2,60,83)(H2,61,84)(H,62,68)(H,63,76)(H,64,77)(H,65,78)(H,66,69)(H,67,85)(H,79,80)(H,81,82)/t36-,41-,42-,43-,44-,45+,46+,47-,48-,54+,55+/m0/s1. The van der Waals surface area contributed by atoms with E-state index in [-0.39, 0.29) is 159 Å². The molecule has 2 aliphatic heterocycles. The first-order chi connectivity index (χ1) is 47.1. The van der Waals surface area contributed by atoms with Crippen LogP contribution in [0.4, 0.5) is 14.4 Å². The Labute approximate surface area is 565 Å². The first kappa shape index (κ1) is 83.0. The maximum atomic E-state index is 13.4. The van der Waals surface area contributed by atoms with Crippen LogP contribution in [0.15, 0.2) is 36.4 Å². The summed E-state index contributed by atoms with van der Waals surface area (Å²) in [7, 11) is 0. The van der Waals surface area contributed by atoms with Gasteiger partial charge in [0, 0.05) is 26.2 Å². The maximum absolute atomic E-state index is 13.4. The molecule has 556 valence electrons. The third kappa shape index (κ3) is 31.1. The van der Waals surface area contributed by atoms with E-state index in [1.165, 1.54) is 36.4 Å². The van der Waals surface area contributed by atoms with Crippen LogP contribution < -0.4 is 53.0 Å². The number of aliphatic hydroxyl groups excluding tert-OH is 6. The number of nitrogens with two attached hydrogens (primary N) is 2. The molecule has 0 spiro atoms. The van der Waals surface area contributed by atoms with Gasteiger partial charge in [0.15, 0.2) is 12.2 Å². The largest absolute Gasteiger partial charge is 0.479 e. The van der Waals surface area contributed by atoms with E-state index in [2.05, 4.69) is 32.1 Å². The number of hydrogen-bond acceptors (Lipinski definition) is 30. The molecule has 2 aliphatic rings. The molecule has 99 heavy (non-hydrogen) atoms. The van der Waals surface area contributed by atoms with Gasteiger partial charge >= 0.3 is 30.2 Å². The third-order valence-electron chi connectivity index (χ3n) is 13.4. The predicted molar refractivity (Wildman–Crippen MR) is 328 cm³/mol. The Hall–Kier alpha value is -8.46. The Balaban J connectivity index is 1.18. The van der Waals surface area contributed by atoms with Crippen LogP contribution in [0.3, 0.4) is 0 Å². The van der Waals surface area contributed by atoms with Crippen LogP contribution in [-0.2, 0) is 94.1 Å². The normalized spacial score (nSPS) is 20.8. The van der Waals surface area contributed by atoms with Gasteiger partial charge in [0.25, 0.3) is 11.8 Å². The lowest BCUT2D eigenvalue weighted by atomic mass is 9.99. The monoisotopic (exact) mass is 1420 g/mol. The summed E-state index contributed by atoms with van der Waals surface area (Å²) >= 11 is 0. The molecule has 40 heteroatoms. The van der Waals surface area contributed by atoms with Crippen molar-refractivity contribution < 1.29 is 155 Å². The Morgan fingerprint density at radius 2 is 0.929 bits per heavy atom. The minimum absolute atomic E-state index is 0.00976. The molecule has 40 nitrogen and oxygen atoms in total. The van der Waals surface area contributed by atoms with E-state index in [0.717, 1.165) is 0 Å². The maximum Gasteiger partial charge on any atom is 0.431 e. The fourth-order valence-corrected chi connectivity index (χ4v) is 8.64. The SMILES string of the molecule is CC(C)(C)OC(=O)NOCCOCCOCCNC(=O)[C@H](CCCCNC(=O)COCCOCCNC(=O)c1cc(COC(N)=O)ccc1O[C@@H]1O[C@H](C(=O)O)[C@@H](O)[C@H](O)[C@H]1O)NC(=O)COCCOCCNC(=O)c1cc(COC(N)=O)ccc1O[C@@H]1O[C@H](C(=O)O)[C@@H](O)[C@H](O)[C@H]1O. The van der Waals surface area contributed by atoms with Crippen LogP contribution in [-0.4, -0.2) is 286 Å². The van der Waals surface area contributed by atoms with E-state index in [4.69, 9.17) is 77.9 Å². The number of primary amides is 2. The summed E-state index contributed by atoms with van der Waals surface area (Å²) in [6, 6.07) is 6.62. The summed E-state index contributed by atoms with van der Waals surface area (Å²) in [5.74, 6) is -7.10. The molecular weight excluding hydrogens is 1330 g/mol. The summed E-state index contributed by atoms with van der Waals surface area (Å²) in [4.78, 5) is 128. The molecule has 0 radical (unpaired) electrons. The molecule has 0 unspecified atom stereocenters. The number of benzene rings is 2. The fraction of sp³-hybridized carbons (Fsp3) is 0.627. The van der Waals surface area contributed by atoms with E-state index < -0.39 is 139 Å². The van der Waals surface area contributed by atoms with Crippen LogP contribution in [0.1, 0.15) is 71.9 Å². The van der Waals surface area contributed by atoms with Crippen molar-refractivity contribution in [2.45, 2.75) is 126 Å². The predicted octanol–water partition coefficient (Wildman–Crippen LogP) is -4.98. The molecule has 2 fully saturated rings.